The van der Waals surface area contributed by atoms with Gasteiger partial charge < -0.3 is 10.6 Å². The Morgan fingerprint density at radius 3 is 2.94 bits per heavy atom. The number of piperidine rings is 1. The van der Waals surface area contributed by atoms with E-state index in [9.17, 15) is 0 Å². The van der Waals surface area contributed by atoms with Gasteiger partial charge in [-0.1, -0.05) is 13.3 Å². The highest BCUT2D eigenvalue weighted by Gasteiger charge is 2.22. The number of hydrogen-bond donors (Lipinski definition) is 1. The molecule has 1 aliphatic rings. The fourth-order valence-corrected chi connectivity index (χ4v) is 2.81. The van der Waals surface area contributed by atoms with Gasteiger partial charge in [-0.2, -0.15) is 5.10 Å². The number of rotatable bonds is 4. The number of likely N-dealkylation sites (N-methyl/N-ethyl adjacent to an activating group) is 1. The summed E-state index contributed by atoms with van der Waals surface area (Å²) in [5.74, 6) is 0. The normalized spacial score (nSPS) is 21.9. The minimum absolute atomic E-state index is 0.575. The number of aromatic nitrogens is 2. The minimum atomic E-state index is 0.575. The van der Waals surface area contributed by atoms with E-state index in [1.54, 1.807) is 0 Å². The van der Waals surface area contributed by atoms with Gasteiger partial charge >= 0.3 is 0 Å². The molecule has 0 saturated carbocycles. The lowest BCUT2D eigenvalue weighted by molar-refractivity contribution is 0.154. The average Bonchev–Trinajstić information content (AvgIpc) is 2.70. The van der Waals surface area contributed by atoms with Gasteiger partial charge in [0.25, 0.3) is 0 Å². The first kappa shape index (κ1) is 12.6. The third-order valence-electron chi connectivity index (χ3n) is 3.84. The van der Waals surface area contributed by atoms with Gasteiger partial charge in [-0.25, -0.2) is 0 Å². The molecule has 0 aromatic carbocycles. The zero-order valence-corrected chi connectivity index (χ0v) is 11.0. The third kappa shape index (κ3) is 2.87. The summed E-state index contributed by atoms with van der Waals surface area (Å²) in [5.41, 5.74) is 8.00. The molecule has 0 aliphatic carbocycles. The first-order valence-corrected chi connectivity index (χ1v) is 6.70. The number of nitrogens with zero attached hydrogens (tertiary/aromatic N) is 3. The SMILES string of the molecule is CCN1CCCCC1Cc1cc(CN)n(C)n1. The van der Waals surface area contributed by atoms with E-state index in [0.717, 1.165) is 18.7 Å². The molecule has 0 radical (unpaired) electrons. The smallest absolute Gasteiger partial charge is 0.0643 e. The van der Waals surface area contributed by atoms with Gasteiger partial charge in [0.2, 0.25) is 0 Å². The van der Waals surface area contributed by atoms with Gasteiger partial charge in [0.15, 0.2) is 0 Å². The Labute approximate surface area is 104 Å². The molecular formula is C13H24N4. The molecule has 0 bridgehead atoms. The van der Waals surface area contributed by atoms with Crippen LogP contribution in [0.3, 0.4) is 0 Å². The van der Waals surface area contributed by atoms with Crippen molar-refractivity contribution in [3.05, 3.63) is 17.5 Å². The van der Waals surface area contributed by atoms with Crippen molar-refractivity contribution in [1.82, 2.24) is 14.7 Å². The summed E-state index contributed by atoms with van der Waals surface area (Å²) in [6.45, 7) is 5.23. The lowest BCUT2D eigenvalue weighted by Gasteiger charge is -2.34. The van der Waals surface area contributed by atoms with Crippen LogP contribution >= 0.6 is 0 Å². The molecule has 1 aromatic rings. The fraction of sp³-hybridized carbons (Fsp3) is 0.769. The molecule has 1 atom stereocenters. The first-order valence-electron chi connectivity index (χ1n) is 6.70. The van der Waals surface area contributed by atoms with E-state index in [4.69, 9.17) is 5.73 Å². The second-order valence-electron chi connectivity index (χ2n) is 4.94. The molecule has 1 aromatic heterocycles. The zero-order valence-electron chi connectivity index (χ0n) is 11.0. The standard InChI is InChI=1S/C13H24N4/c1-3-17-7-5-4-6-12(17)8-11-9-13(10-14)16(2)15-11/h9,12H,3-8,10,14H2,1-2H3. The Hall–Kier alpha value is -0.870. The highest BCUT2D eigenvalue weighted by atomic mass is 15.3. The summed E-state index contributed by atoms with van der Waals surface area (Å²) in [5, 5.41) is 4.55. The van der Waals surface area contributed by atoms with E-state index in [1.165, 1.54) is 31.5 Å². The zero-order chi connectivity index (χ0) is 12.3. The third-order valence-corrected chi connectivity index (χ3v) is 3.84. The van der Waals surface area contributed by atoms with Crippen LogP contribution in [0.25, 0.3) is 0 Å². The number of likely N-dealkylation sites (tertiary alicyclic amines) is 1. The van der Waals surface area contributed by atoms with Crippen LogP contribution in [0.2, 0.25) is 0 Å². The van der Waals surface area contributed by atoms with Crippen molar-refractivity contribution in [1.29, 1.82) is 0 Å². The van der Waals surface area contributed by atoms with E-state index in [2.05, 4.69) is 23.0 Å². The highest BCUT2D eigenvalue weighted by molar-refractivity contribution is 5.11. The van der Waals surface area contributed by atoms with Gasteiger partial charge in [-0.05, 0) is 32.0 Å². The van der Waals surface area contributed by atoms with Crippen molar-refractivity contribution in [2.45, 2.75) is 45.2 Å². The molecule has 2 heterocycles. The molecule has 17 heavy (non-hydrogen) atoms. The minimum Gasteiger partial charge on any atom is -0.325 e. The Bertz CT molecular complexity index is 358. The molecule has 1 aliphatic heterocycles. The van der Waals surface area contributed by atoms with Gasteiger partial charge in [0.1, 0.15) is 0 Å². The van der Waals surface area contributed by atoms with Gasteiger partial charge in [-0.15, -0.1) is 0 Å². The molecule has 96 valence electrons. The van der Waals surface area contributed by atoms with Crippen LogP contribution in [0.4, 0.5) is 0 Å². The molecule has 1 unspecified atom stereocenters. The van der Waals surface area contributed by atoms with E-state index in [0.29, 0.717) is 12.6 Å². The van der Waals surface area contributed by atoms with Gasteiger partial charge in [0.05, 0.1) is 11.4 Å². The molecule has 0 spiro atoms. The van der Waals surface area contributed by atoms with Gasteiger partial charge in [-0.3, -0.25) is 4.68 Å². The van der Waals surface area contributed by atoms with Crippen LogP contribution in [0.1, 0.15) is 37.6 Å². The Morgan fingerprint density at radius 2 is 2.29 bits per heavy atom. The van der Waals surface area contributed by atoms with Crippen molar-refractivity contribution in [3.8, 4) is 0 Å². The fourth-order valence-electron chi connectivity index (χ4n) is 2.81. The monoisotopic (exact) mass is 236 g/mol. The molecule has 4 heteroatoms. The van der Waals surface area contributed by atoms with Crippen molar-refractivity contribution < 1.29 is 0 Å². The van der Waals surface area contributed by atoms with E-state index in [1.807, 2.05) is 11.7 Å². The molecule has 1 saturated heterocycles. The maximum atomic E-state index is 5.68. The first-order chi connectivity index (χ1) is 8.24. The molecule has 2 rings (SSSR count). The van der Waals surface area contributed by atoms with Crippen molar-refractivity contribution >= 4 is 0 Å². The van der Waals surface area contributed by atoms with Crippen molar-refractivity contribution in [3.63, 3.8) is 0 Å². The average molecular weight is 236 g/mol. The second kappa shape index (κ2) is 5.65. The summed E-state index contributed by atoms with van der Waals surface area (Å²) in [6.07, 6.45) is 5.09. The maximum Gasteiger partial charge on any atom is 0.0643 e. The summed E-state index contributed by atoms with van der Waals surface area (Å²) < 4.78 is 1.91. The summed E-state index contributed by atoms with van der Waals surface area (Å²) in [4.78, 5) is 2.58. The maximum absolute atomic E-state index is 5.68. The molecule has 0 amide bonds. The summed E-state index contributed by atoms with van der Waals surface area (Å²) in [6, 6.07) is 2.83. The predicted molar refractivity (Wildman–Crippen MR) is 69.7 cm³/mol. The number of aryl methyl sites for hydroxylation is 1. The Kier molecular flexibility index (Phi) is 4.18. The predicted octanol–water partition coefficient (Wildman–Crippen LogP) is 1.30. The van der Waals surface area contributed by atoms with Crippen LogP contribution in [0.15, 0.2) is 6.07 Å². The van der Waals surface area contributed by atoms with Crippen LogP contribution in [-0.4, -0.2) is 33.8 Å². The molecule has 2 N–H and O–H groups in total. The molecule has 4 nitrogen and oxygen atoms in total. The second-order valence-corrected chi connectivity index (χ2v) is 4.94. The van der Waals surface area contributed by atoms with E-state index in [-0.39, 0.29) is 0 Å². The highest BCUT2D eigenvalue weighted by Crippen LogP contribution is 2.20. The molecular weight excluding hydrogens is 212 g/mol. The largest absolute Gasteiger partial charge is 0.325 e. The summed E-state index contributed by atoms with van der Waals surface area (Å²) in [7, 11) is 1.98. The Morgan fingerprint density at radius 1 is 1.47 bits per heavy atom. The Balaban J connectivity index is 2.03. The van der Waals surface area contributed by atoms with E-state index >= 15 is 0 Å². The number of hydrogen-bond acceptors (Lipinski definition) is 3. The quantitative estimate of drug-likeness (QED) is 0.857. The van der Waals surface area contributed by atoms with Crippen molar-refractivity contribution in [2.75, 3.05) is 13.1 Å². The van der Waals surface area contributed by atoms with Crippen molar-refractivity contribution in [2.24, 2.45) is 12.8 Å². The van der Waals surface area contributed by atoms with Crippen LogP contribution in [-0.2, 0) is 20.0 Å². The lowest BCUT2D eigenvalue weighted by atomic mass is 9.98. The van der Waals surface area contributed by atoms with Gasteiger partial charge in [0, 0.05) is 26.1 Å². The summed E-state index contributed by atoms with van der Waals surface area (Å²) >= 11 is 0. The topological polar surface area (TPSA) is 47.1 Å². The van der Waals surface area contributed by atoms with Crippen LogP contribution in [0.5, 0.6) is 0 Å². The lowest BCUT2D eigenvalue weighted by Crippen LogP contribution is -2.40. The molecule has 1 fully saturated rings. The van der Waals surface area contributed by atoms with Crippen LogP contribution in [0, 0.1) is 0 Å². The van der Waals surface area contributed by atoms with E-state index < -0.39 is 0 Å². The number of nitrogens with two attached hydrogens (primary N) is 1. The van der Waals surface area contributed by atoms with Crippen LogP contribution < -0.4 is 5.73 Å².